The van der Waals surface area contributed by atoms with Crippen molar-refractivity contribution in [2.24, 2.45) is 5.92 Å². The summed E-state index contributed by atoms with van der Waals surface area (Å²) in [6, 6.07) is 3.36. The van der Waals surface area contributed by atoms with E-state index in [-0.39, 0.29) is 11.7 Å². The number of carbonyl (C=O) groups is 1. The molecule has 0 amide bonds. The van der Waals surface area contributed by atoms with Crippen molar-refractivity contribution in [3.8, 4) is 17.2 Å². The predicted octanol–water partition coefficient (Wildman–Crippen LogP) is 1.11. The van der Waals surface area contributed by atoms with Crippen molar-refractivity contribution >= 4 is 5.78 Å². The van der Waals surface area contributed by atoms with Gasteiger partial charge in [0.15, 0.2) is 17.3 Å². The van der Waals surface area contributed by atoms with Crippen molar-refractivity contribution in [1.29, 1.82) is 0 Å². The molecule has 1 saturated heterocycles. The molecule has 5 heteroatoms. The summed E-state index contributed by atoms with van der Waals surface area (Å²) < 4.78 is 15.6. The number of benzene rings is 1. The van der Waals surface area contributed by atoms with Gasteiger partial charge in [-0.05, 0) is 6.07 Å². The molecule has 0 atom stereocenters. The highest BCUT2D eigenvalue weighted by Gasteiger charge is 2.29. The smallest absolute Gasteiger partial charge is 0.172 e. The van der Waals surface area contributed by atoms with E-state index < -0.39 is 0 Å². The lowest BCUT2D eigenvalue weighted by Crippen LogP contribution is -2.46. The van der Waals surface area contributed by atoms with E-state index in [2.05, 4.69) is 5.32 Å². The Labute approximate surface area is 106 Å². The highest BCUT2D eigenvalue weighted by molar-refractivity contribution is 6.01. The standard InChI is InChI=1S/C13H17NO4/c1-16-10-5-12(18-3)11(17-2)4-9(10)13(15)8-6-14-7-8/h4-5,8,14H,6-7H2,1-3H3. The number of rotatable bonds is 5. The number of hydrogen-bond donors (Lipinski definition) is 1. The largest absolute Gasteiger partial charge is 0.496 e. The summed E-state index contributed by atoms with van der Waals surface area (Å²) in [6.07, 6.45) is 0. The second kappa shape index (κ2) is 5.27. The normalized spacial score (nSPS) is 14.8. The molecule has 18 heavy (non-hydrogen) atoms. The zero-order chi connectivity index (χ0) is 13.1. The van der Waals surface area contributed by atoms with Crippen molar-refractivity contribution in [3.05, 3.63) is 17.7 Å². The first kappa shape index (κ1) is 12.7. The molecule has 1 aliphatic rings. The third-order valence-electron chi connectivity index (χ3n) is 3.12. The first-order valence-electron chi connectivity index (χ1n) is 5.76. The van der Waals surface area contributed by atoms with Gasteiger partial charge in [-0.1, -0.05) is 0 Å². The fourth-order valence-electron chi connectivity index (χ4n) is 1.92. The number of Topliss-reactive ketones (excluding diaryl/α,β-unsaturated/α-hetero) is 1. The quantitative estimate of drug-likeness (QED) is 0.795. The van der Waals surface area contributed by atoms with Crippen LogP contribution in [-0.4, -0.2) is 40.2 Å². The molecular formula is C13H17NO4. The lowest BCUT2D eigenvalue weighted by Gasteiger charge is -2.26. The van der Waals surface area contributed by atoms with Crippen LogP contribution in [0.25, 0.3) is 0 Å². The topological polar surface area (TPSA) is 56.8 Å². The van der Waals surface area contributed by atoms with Gasteiger partial charge in [-0.15, -0.1) is 0 Å². The number of nitrogens with one attached hydrogen (secondary N) is 1. The third-order valence-corrected chi connectivity index (χ3v) is 3.12. The monoisotopic (exact) mass is 251 g/mol. The van der Waals surface area contributed by atoms with Crippen LogP contribution in [0.1, 0.15) is 10.4 Å². The minimum absolute atomic E-state index is 0.0250. The molecule has 0 aliphatic carbocycles. The van der Waals surface area contributed by atoms with Gasteiger partial charge >= 0.3 is 0 Å². The second-order valence-corrected chi connectivity index (χ2v) is 4.13. The van der Waals surface area contributed by atoms with Gasteiger partial charge in [0, 0.05) is 25.1 Å². The maximum absolute atomic E-state index is 12.3. The Morgan fingerprint density at radius 2 is 1.61 bits per heavy atom. The van der Waals surface area contributed by atoms with Gasteiger partial charge in [0.25, 0.3) is 0 Å². The summed E-state index contributed by atoms with van der Waals surface area (Å²) in [5, 5.41) is 3.08. The molecule has 0 radical (unpaired) electrons. The SMILES string of the molecule is COc1cc(OC)c(C(=O)C2CNC2)cc1OC. The van der Waals surface area contributed by atoms with E-state index in [0.717, 1.165) is 13.1 Å². The van der Waals surface area contributed by atoms with Gasteiger partial charge in [0.2, 0.25) is 0 Å². The molecule has 1 aromatic carbocycles. The zero-order valence-electron chi connectivity index (χ0n) is 10.8. The summed E-state index contributed by atoms with van der Waals surface area (Å²) in [5.74, 6) is 1.71. The molecular weight excluding hydrogens is 234 g/mol. The molecule has 5 nitrogen and oxygen atoms in total. The Morgan fingerprint density at radius 1 is 1.06 bits per heavy atom. The molecule has 2 rings (SSSR count). The summed E-state index contributed by atoms with van der Waals surface area (Å²) >= 11 is 0. The number of carbonyl (C=O) groups excluding carboxylic acids is 1. The van der Waals surface area contributed by atoms with Gasteiger partial charge in [0.1, 0.15) is 5.75 Å². The number of ketones is 1. The van der Waals surface area contributed by atoms with Crippen LogP contribution in [0.5, 0.6) is 17.2 Å². The maximum Gasteiger partial charge on any atom is 0.172 e. The average Bonchev–Trinajstić information content (AvgIpc) is 2.34. The van der Waals surface area contributed by atoms with Gasteiger partial charge in [0.05, 0.1) is 26.9 Å². The van der Waals surface area contributed by atoms with Crippen LogP contribution in [0.2, 0.25) is 0 Å². The van der Waals surface area contributed by atoms with E-state index in [9.17, 15) is 4.79 Å². The van der Waals surface area contributed by atoms with Crippen molar-refractivity contribution < 1.29 is 19.0 Å². The van der Waals surface area contributed by atoms with Crippen molar-refractivity contribution in [2.75, 3.05) is 34.4 Å². The van der Waals surface area contributed by atoms with Crippen molar-refractivity contribution in [3.63, 3.8) is 0 Å². The first-order chi connectivity index (χ1) is 8.71. The van der Waals surface area contributed by atoms with E-state index in [0.29, 0.717) is 22.8 Å². The van der Waals surface area contributed by atoms with Gasteiger partial charge in [-0.25, -0.2) is 0 Å². The molecule has 0 saturated carbocycles. The molecule has 0 aromatic heterocycles. The molecule has 0 unspecified atom stereocenters. The van der Waals surface area contributed by atoms with Crippen molar-refractivity contribution in [2.45, 2.75) is 0 Å². The fraction of sp³-hybridized carbons (Fsp3) is 0.462. The molecule has 1 fully saturated rings. The van der Waals surface area contributed by atoms with E-state index in [1.807, 2.05) is 0 Å². The van der Waals surface area contributed by atoms with Gasteiger partial charge < -0.3 is 19.5 Å². The molecule has 1 aromatic rings. The van der Waals surface area contributed by atoms with Crippen LogP contribution in [0.15, 0.2) is 12.1 Å². The van der Waals surface area contributed by atoms with Crippen molar-refractivity contribution in [1.82, 2.24) is 5.32 Å². The molecule has 1 N–H and O–H groups in total. The zero-order valence-corrected chi connectivity index (χ0v) is 10.8. The first-order valence-corrected chi connectivity index (χ1v) is 5.76. The second-order valence-electron chi connectivity index (χ2n) is 4.13. The van der Waals surface area contributed by atoms with Crippen LogP contribution in [0.4, 0.5) is 0 Å². The third kappa shape index (κ3) is 2.13. The van der Waals surface area contributed by atoms with Crippen LogP contribution in [0.3, 0.4) is 0 Å². The van der Waals surface area contributed by atoms with Crippen LogP contribution < -0.4 is 19.5 Å². The Balaban J connectivity index is 2.40. The van der Waals surface area contributed by atoms with Crippen LogP contribution >= 0.6 is 0 Å². The lowest BCUT2D eigenvalue weighted by atomic mass is 9.92. The molecule has 1 aliphatic heterocycles. The predicted molar refractivity (Wildman–Crippen MR) is 66.8 cm³/mol. The summed E-state index contributed by atoms with van der Waals surface area (Å²) in [7, 11) is 4.63. The minimum Gasteiger partial charge on any atom is -0.496 e. The highest BCUT2D eigenvalue weighted by atomic mass is 16.5. The van der Waals surface area contributed by atoms with E-state index in [1.165, 1.54) is 7.11 Å². The summed E-state index contributed by atoms with van der Waals surface area (Å²) in [4.78, 5) is 12.3. The fourth-order valence-corrected chi connectivity index (χ4v) is 1.92. The average molecular weight is 251 g/mol. The minimum atomic E-state index is 0.0250. The van der Waals surface area contributed by atoms with Crippen LogP contribution in [0, 0.1) is 5.92 Å². The number of hydrogen-bond acceptors (Lipinski definition) is 5. The van der Waals surface area contributed by atoms with E-state index >= 15 is 0 Å². The number of ether oxygens (including phenoxy) is 3. The maximum atomic E-state index is 12.3. The highest BCUT2D eigenvalue weighted by Crippen LogP contribution is 2.35. The Kier molecular flexibility index (Phi) is 3.72. The van der Waals surface area contributed by atoms with E-state index in [1.54, 1.807) is 26.4 Å². The molecule has 98 valence electrons. The Bertz CT molecular complexity index is 455. The Hall–Kier alpha value is -1.75. The molecule has 0 spiro atoms. The Morgan fingerprint density at radius 3 is 2.06 bits per heavy atom. The number of methoxy groups -OCH3 is 3. The molecule has 1 heterocycles. The lowest BCUT2D eigenvalue weighted by molar-refractivity contribution is 0.0874. The van der Waals surface area contributed by atoms with Gasteiger partial charge in [-0.3, -0.25) is 4.79 Å². The van der Waals surface area contributed by atoms with E-state index in [4.69, 9.17) is 14.2 Å². The van der Waals surface area contributed by atoms with Crippen LogP contribution in [-0.2, 0) is 0 Å². The summed E-state index contributed by atoms with van der Waals surface area (Å²) in [6.45, 7) is 1.44. The van der Waals surface area contributed by atoms with Gasteiger partial charge in [-0.2, -0.15) is 0 Å². The summed E-state index contributed by atoms with van der Waals surface area (Å²) in [5.41, 5.74) is 0.543. The molecule has 0 bridgehead atoms.